The zero-order valence-corrected chi connectivity index (χ0v) is 10.4. The Hall–Kier alpha value is -1.59. The zero-order valence-electron chi connectivity index (χ0n) is 10.4. The number of rotatable bonds is 2. The minimum absolute atomic E-state index is 0.130. The second-order valence-corrected chi connectivity index (χ2v) is 4.46. The minimum Gasteiger partial charge on any atom is -0.443 e. The van der Waals surface area contributed by atoms with Crippen LogP contribution in [-0.4, -0.2) is 28.6 Å². The number of carbonyl (C=O) groups is 1. The van der Waals surface area contributed by atoms with Gasteiger partial charge in [0.1, 0.15) is 6.61 Å². The number of carbonyl (C=O) groups excluding carboxylic acids is 1. The summed E-state index contributed by atoms with van der Waals surface area (Å²) >= 11 is 0. The molecular formula is C13H17NO4. The topological polar surface area (TPSA) is 59.0 Å². The highest BCUT2D eigenvalue weighted by Crippen LogP contribution is 2.26. The summed E-state index contributed by atoms with van der Waals surface area (Å²) in [5.41, 5.74) is 0.909. The third-order valence-corrected chi connectivity index (χ3v) is 3.19. The van der Waals surface area contributed by atoms with E-state index in [1.807, 2.05) is 44.2 Å². The molecule has 0 bridgehead atoms. The average molecular weight is 251 g/mol. The lowest BCUT2D eigenvalue weighted by molar-refractivity contribution is -0.205. The molecule has 1 aromatic rings. The van der Waals surface area contributed by atoms with Gasteiger partial charge in [-0.2, -0.15) is 5.06 Å². The summed E-state index contributed by atoms with van der Waals surface area (Å²) in [6, 6.07) is 9.20. The molecule has 3 atom stereocenters. The molecule has 5 nitrogen and oxygen atoms in total. The smallest absolute Gasteiger partial charge is 0.434 e. The highest BCUT2D eigenvalue weighted by molar-refractivity contribution is 5.67. The fourth-order valence-corrected chi connectivity index (χ4v) is 1.75. The zero-order chi connectivity index (χ0) is 13.1. The number of amides is 1. The lowest BCUT2D eigenvalue weighted by Gasteiger charge is -2.19. The molecule has 2 unspecified atom stereocenters. The molecule has 0 saturated carbocycles. The first kappa shape index (κ1) is 12.9. The predicted molar refractivity (Wildman–Crippen MR) is 64.2 cm³/mol. The Kier molecular flexibility index (Phi) is 3.84. The number of ether oxygens (including phenoxy) is 1. The van der Waals surface area contributed by atoms with Crippen LogP contribution in [0.2, 0.25) is 0 Å². The summed E-state index contributed by atoms with van der Waals surface area (Å²) in [4.78, 5) is 16.8. The number of hydroxylamine groups is 2. The Labute approximate surface area is 106 Å². The van der Waals surface area contributed by atoms with Gasteiger partial charge < -0.3 is 9.84 Å². The summed E-state index contributed by atoms with van der Waals surface area (Å²) in [5, 5.41) is 10.6. The molecule has 1 heterocycles. The van der Waals surface area contributed by atoms with Gasteiger partial charge in [-0.1, -0.05) is 37.3 Å². The van der Waals surface area contributed by atoms with Crippen LogP contribution in [0.3, 0.4) is 0 Å². The summed E-state index contributed by atoms with van der Waals surface area (Å²) in [6.45, 7) is 3.82. The second kappa shape index (κ2) is 5.37. The van der Waals surface area contributed by atoms with E-state index in [1.54, 1.807) is 0 Å². The quantitative estimate of drug-likeness (QED) is 0.872. The molecule has 1 N–H and O–H groups in total. The van der Waals surface area contributed by atoms with E-state index in [0.29, 0.717) is 0 Å². The maximum Gasteiger partial charge on any atom is 0.434 e. The van der Waals surface area contributed by atoms with E-state index >= 15 is 0 Å². The molecule has 98 valence electrons. The van der Waals surface area contributed by atoms with Crippen LogP contribution in [0.4, 0.5) is 4.79 Å². The molecular weight excluding hydrogens is 234 g/mol. The average Bonchev–Trinajstić information content (AvgIpc) is 2.65. The Bertz CT molecular complexity index is 409. The first-order chi connectivity index (χ1) is 8.59. The lowest BCUT2D eigenvalue weighted by atomic mass is 10.1. The third kappa shape index (κ3) is 2.63. The van der Waals surface area contributed by atoms with Crippen LogP contribution < -0.4 is 0 Å². The number of hydrogen-bond acceptors (Lipinski definition) is 4. The van der Waals surface area contributed by atoms with Gasteiger partial charge in [0, 0.05) is 5.92 Å². The summed E-state index contributed by atoms with van der Waals surface area (Å²) in [5.74, 6) is -0.130. The van der Waals surface area contributed by atoms with Crippen molar-refractivity contribution in [3.63, 3.8) is 0 Å². The minimum atomic E-state index is -0.954. The molecule has 5 heteroatoms. The van der Waals surface area contributed by atoms with E-state index in [-0.39, 0.29) is 18.6 Å². The molecule has 2 rings (SSSR count). The van der Waals surface area contributed by atoms with Gasteiger partial charge in [-0.05, 0) is 12.5 Å². The van der Waals surface area contributed by atoms with Gasteiger partial charge in [-0.3, -0.25) is 0 Å². The van der Waals surface area contributed by atoms with E-state index in [9.17, 15) is 9.90 Å². The van der Waals surface area contributed by atoms with Crippen molar-refractivity contribution in [2.45, 2.75) is 32.8 Å². The molecule has 0 aromatic heterocycles. The maximum atomic E-state index is 11.8. The maximum absolute atomic E-state index is 11.8. The number of aliphatic hydroxyl groups excluding tert-OH is 1. The van der Waals surface area contributed by atoms with Crippen molar-refractivity contribution < 1.29 is 19.5 Å². The number of aliphatic hydroxyl groups is 1. The van der Waals surface area contributed by atoms with Gasteiger partial charge in [0.05, 0.1) is 6.04 Å². The molecule has 1 amide bonds. The van der Waals surface area contributed by atoms with Crippen molar-refractivity contribution >= 4 is 6.09 Å². The molecule has 1 aromatic carbocycles. The van der Waals surface area contributed by atoms with Crippen molar-refractivity contribution in [1.82, 2.24) is 5.06 Å². The van der Waals surface area contributed by atoms with Gasteiger partial charge in [-0.25, -0.2) is 9.63 Å². The lowest BCUT2D eigenvalue weighted by Crippen LogP contribution is -2.34. The monoisotopic (exact) mass is 251 g/mol. The van der Waals surface area contributed by atoms with Gasteiger partial charge in [0.2, 0.25) is 0 Å². The van der Waals surface area contributed by atoms with E-state index in [1.165, 1.54) is 0 Å². The number of hydrogen-bond donors (Lipinski definition) is 1. The Morgan fingerprint density at radius 1 is 1.39 bits per heavy atom. The van der Waals surface area contributed by atoms with Gasteiger partial charge in [0.25, 0.3) is 0 Å². The molecule has 0 aliphatic carbocycles. The molecule has 18 heavy (non-hydrogen) atoms. The second-order valence-electron chi connectivity index (χ2n) is 4.46. The fraction of sp³-hybridized carbons (Fsp3) is 0.462. The number of nitrogens with zero attached hydrogens (tertiary/aromatic N) is 1. The molecule has 1 fully saturated rings. The highest BCUT2D eigenvalue weighted by Gasteiger charge is 2.40. The van der Waals surface area contributed by atoms with Crippen LogP contribution in [0.25, 0.3) is 0 Å². The Balaban J connectivity index is 1.89. The van der Waals surface area contributed by atoms with Crippen molar-refractivity contribution in [3.05, 3.63) is 35.9 Å². The van der Waals surface area contributed by atoms with Gasteiger partial charge in [-0.15, -0.1) is 0 Å². The first-order valence-corrected chi connectivity index (χ1v) is 5.94. The van der Waals surface area contributed by atoms with Crippen LogP contribution in [-0.2, 0) is 16.2 Å². The van der Waals surface area contributed by atoms with Crippen molar-refractivity contribution in [2.75, 3.05) is 0 Å². The molecule has 0 spiro atoms. The van der Waals surface area contributed by atoms with Crippen molar-refractivity contribution in [2.24, 2.45) is 5.92 Å². The van der Waals surface area contributed by atoms with Crippen LogP contribution in [0, 0.1) is 5.92 Å². The van der Waals surface area contributed by atoms with Gasteiger partial charge in [0.15, 0.2) is 6.29 Å². The van der Waals surface area contributed by atoms with Crippen LogP contribution >= 0.6 is 0 Å². The Morgan fingerprint density at radius 2 is 2.06 bits per heavy atom. The van der Waals surface area contributed by atoms with Crippen molar-refractivity contribution in [3.8, 4) is 0 Å². The van der Waals surface area contributed by atoms with Crippen LogP contribution in [0.5, 0.6) is 0 Å². The molecule has 1 aliphatic heterocycles. The van der Waals surface area contributed by atoms with Crippen LogP contribution in [0.1, 0.15) is 19.4 Å². The molecule has 1 aliphatic rings. The van der Waals surface area contributed by atoms with Crippen molar-refractivity contribution in [1.29, 1.82) is 0 Å². The predicted octanol–water partition coefficient (Wildman–Crippen LogP) is 1.91. The first-order valence-electron chi connectivity index (χ1n) is 5.94. The van der Waals surface area contributed by atoms with E-state index in [2.05, 4.69) is 0 Å². The highest BCUT2D eigenvalue weighted by atomic mass is 16.8. The van der Waals surface area contributed by atoms with E-state index < -0.39 is 12.4 Å². The van der Waals surface area contributed by atoms with Crippen LogP contribution in [0.15, 0.2) is 30.3 Å². The fourth-order valence-electron chi connectivity index (χ4n) is 1.75. The molecule has 0 radical (unpaired) electrons. The largest absolute Gasteiger partial charge is 0.443 e. The van der Waals surface area contributed by atoms with Gasteiger partial charge >= 0.3 is 6.09 Å². The summed E-state index contributed by atoms with van der Waals surface area (Å²) in [6.07, 6.45) is -1.53. The number of benzene rings is 1. The Morgan fingerprint density at radius 3 is 2.61 bits per heavy atom. The van der Waals surface area contributed by atoms with E-state index in [4.69, 9.17) is 9.57 Å². The summed E-state index contributed by atoms with van der Waals surface area (Å²) in [7, 11) is 0. The standard InChI is InChI=1S/C13H17NO4/c1-9-10(2)14(18-12(9)15)13(16)17-8-11-6-4-3-5-7-11/h3-7,9-10,12,15H,8H2,1-2H3/t9-,10?,12?/m1/s1. The third-order valence-electron chi connectivity index (χ3n) is 3.19. The SMILES string of the molecule is CC1[C@@H](C)C(O)ON1C(=O)OCc1ccccc1. The van der Waals surface area contributed by atoms with E-state index in [0.717, 1.165) is 10.6 Å². The summed E-state index contributed by atoms with van der Waals surface area (Å²) < 4.78 is 5.13. The normalized spacial score (nSPS) is 27.3. The molecule has 1 saturated heterocycles.